The van der Waals surface area contributed by atoms with Gasteiger partial charge in [-0.1, -0.05) is 26.7 Å². The summed E-state index contributed by atoms with van der Waals surface area (Å²) in [5, 5.41) is 0. The Morgan fingerprint density at radius 2 is 2.00 bits per heavy atom. The summed E-state index contributed by atoms with van der Waals surface area (Å²) in [6.45, 7) is 6.78. The fourth-order valence-electron chi connectivity index (χ4n) is 1.18. The van der Waals surface area contributed by atoms with Crippen molar-refractivity contribution in [3.63, 3.8) is 0 Å². The summed E-state index contributed by atoms with van der Waals surface area (Å²) in [5.41, 5.74) is -0.225. The first-order chi connectivity index (χ1) is 5.68. The van der Waals surface area contributed by atoms with E-state index in [4.69, 9.17) is 4.74 Å². The standard InChI is InChI=1S/C10H20O2/c1-4-6-7-8-10(3,5-2)12-9-11/h9H,4-8H2,1-3H3. The van der Waals surface area contributed by atoms with Gasteiger partial charge >= 0.3 is 0 Å². The Morgan fingerprint density at radius 3 is 2.42 bits per heavy atom. The van der Waals surface area contributed by atoms with Crippen molar-refractivity contribution < 1.29 is 9.53 Å². The van der Waals surface area contributed by atoms with Crippen LogP contribution in [0.1, 0.15) is 52.9 Å². The smallest absolute Gasteiger partial charge is 0.293 e. The average Bonchev–Trinajstić information content (AvgIpc) is 2.06. The molecular formula is C10H20O2. The minimum atomic E-state index is -0.225. The highest BCUT2D eigenvalue weighted by atomic mass is 16.5. The highest BCUT2D eigenvalue weighted by Crippen LogP contribution is 2.21. The van der Waals surface area contributed by atoms with Crippen LogP contribution in [-0.4, -0.2) is 12.1 Å². The van der Waals surface area contributed by atoms with Crippen molar-refractivity contribution in [2.75, 3.05) is 0 Å². The third-order valence-electron chi connectivity index (χ3n) is 2.39. The summed E-state index contributed by atoms with van der Waals surface area (Å²) >= 11 is 0. The molecule has 72 valence electrons. The maximum atomic E-state index is 10.2. The van der Waals surface area contributed by atoms with Gasteiger partial charge < -0.3 is 4.74 Å². The number of carbonyl (C=O) groups is 1. The lowest BCUT2D eigenvalue weighted by atomic mass is 9.95. The Bertz CT molecular complexity index is 123. The van der Waals surface area contributed by atoms with Crippen LogP contribution in [0.5, 0.6) is 0 Å². The van der Waals surface area contributed by atoms with Crippen molar-refractivity contribution in [3.8, 4) is 0 Å². The Labute approximate surface area is 75.3 Å². The average molecular weight is 172 g/mol. The van der Waals surface area contributed by atoms with Crippen molar-refractivity contribution in [2.24, 2.45) is 0 Å². The largest absolute Gasteiger partial charge is 0.462 e. The molecule has 0 aromatic heterocycles. The van der Waals surface area contributed by atoms with Crippen LogP contribution in [0.25, 0.3) is 0 Å². The molecule has 2 heteroatoms. The van der Waals surface area contributed by atoms with E-state index >= 15 is 0 Å². The first-order valence-corrected chi connectivity index (χ1v) is 4.80. The first-order valence-electron chi connectivity index (χ1n) is 4.80. The minimum absolute atomic E-state index is 0.225. The summed E-state index contributed by atoms with van der Waals surface area (Å²) in [6.07, 6.45) is 5.46. The molecule has 0 spiro atoms. The van der Waals surface area contributed by atoms with Crippen molar-refractivity contribution in [3.05, 3.63) is 0 Å². The van der Waals surface area contributed by atoms with Crippen molar-refractivity contribution in [1.29, 1.82) is 0 Å². The molecule has 0 saturated carbocycles. The van der Waals surface area contributed by atoms with Crippen molar-refractivity contribution in [1.82, 2.24) is 0 Å². The van der Waals surface area contributed by atoms with E-state index in [1.165, 1.54) is 12.8 Å². The Morgan fingerprint density at radius 1 is 1.33 bits per heavy atom. The van der Waals surface area contributed by atoms with E-state index in [-0.39, 0.29) is 5.60 Å². The molecule has 0 rings (SSSR count). The molecule has 0 aliphatic heterocycles. The van der Waals surface area contributed by atoms with Gasteiger partial charge in [0.1, 0.15) is 5.60 Å². The quantitative estimate of drug-likeness (QED) is 0.436. The second kappa shape index (κ2) is 6.04. The Kier molecular flexibility index (Phi) is 5.77. The van der Waals surface area contributed by atoms with Crippen LogP contribution in [0, 0.1) is 0 Å². The van der Waals surface area contributed by atoms with Crippen LogP contribution in [0.4, 0.5) is 0 Å². The number of hydrogen-bond donors (Lipinski definition) is 0. The highest BCUT2D eigenvalue weighted by molar-refractivity contribution is 5.38. The molecule has 0 saturated heterocycles. The molecule has 1 unspecified atom stereocenters. The molecule has 0 fully saturated rings. The van der Waals surface area contributed by atoms with Crippen LogP contribution in [0.15, 0.2) is 0 Å². The number of unbranched alkanes of at least 4 members (excludes halogenated alkanes) is 2. The number of hydrogen-bond acceptors (Lipinski definition) is 2. The van der Waals surface area contributed by atoms with Gasteiger partial charge in [0.25, 0.3) is 6.47 Å². The predicted octanol–water partition coefficient (Wildman–Crippen LogP) is 2.91. The lowest BCUT2D eigenvalue weighted by Crippen LogP contribution is -2.27. The first kappa shape index (κ1) is 11.5. The van der Waals surface area contributed by atoms with Crippen LogP contribution >= 0.6 is 0 Å². The van der Waals surface area contributed by atoms with E-state index in [1.807, 2.05) is 6.92 Å². The van der Waals surface area contributed by atoms with Gasteiger partial charge in [0.05, 0.1) is 0 Å². The van der Waals surface area contributed by atoms with Crippen LogP contribution in [0.3, 0.4) is 0 Å². The van der Waals surface area contributed by atoms with Gasteiger partial charge in [0, 0.05) is 0 Å². The molecule has 12 heavy (non-hydrogen) atoms. The third-order valence-corrected chi connectivity index (χ3v) is 2.39. The van der Waals surface area contributed by atoms with Gasteiger partial charge in [0.15, 0.2) is 0 Å². The molecule has 0 heterocycles. The van der Waals surface area contributed by atoms with Crippen molar-refractivity contribution >= 4 is 6.47 Å². The summed E-state index contributed by atoms with van der Waals surface area (Å²) in [7, 11) is 0. The van der Waals surface area contributed by atoms with Gasteiger partial charge in [-0.3, -0.25) is 4.79 Å². The topological polar surface area (TPSA) is 26.3 Å². The van der Waals surface area contributed by atoms with Crippen LogP contribution in [0.2, 0.25) is 0 Å². The van der Waals surface area contributed by atoms with Gasteiger partial charge in [-0.2, -0.15) is 0 Å². The molecule has 0 N–H and O–H groups in total. The molecular weight excluding hydrogens is 152 g/mol. The van der Waals surface area contributed by atoms with E-state index in [0.29, 0.717) is 6.47 Å². The van der Waals surface area contributed by atoms with Crippen LogP contribution < -0.4 is 0 Å². The summed E-state index contributed by atoms with van der Waals surface area (Å²) < 4.78 is 5.04. The normalized spacial score (nSPS) is 15.2. The zero-order valence-corrected chi connectivity index (χ0v) is 8.43. The fourth-order valence-corrected chi connectivity index (χ4v) is 1.18. The number of ether oxygens (including phenoxy) is 1. The summed E-state index contributed by atoms with van der Waals surface area (Å²) in [4.78, 5) is 10.2. The number of rotatable bonds is 7. The van der Waals surface area contributed by atoms with Gasteiger partial charge in [0.2, 0.25) is 0 Å². The van der Waals surface area contributed by atoms with Gasteiger partial charge in [-0.05, 0) is 26.2 Å². The lowest BCUT2D eigenvalue weighted by Gasteiger charge is -2.25. The second-order valence-corrected chi connectivity index (χ2v) is 3.47. The summed E-state index contributed by atoms with van der Waals surface area (Å²) in [5.74, 6) is 0. The Hall–Kier alpha value is -0.530. The minimum Gasteiger partial charge on any atom is -0.462 e. The monoisotopic (exact) mass is 172 g/mol. The van der Waals surface area contributed by atoms with E-state index in [9.17, 15) is 4.79 Å². The van der Waals surface area contributed by atoms with E-state index < -0.39 is 0 Å². The predicted molar refractivity (Wildman–Crippen MR) is 50.0 cm³/mol. The molecule has 0 radical (unpaired) electrons. The van der Waals surface area contributed by atoms with Crippen molar-refractivity contribution in [2.45, 2.75) is 58.5 Å². The molecule has 0 amide bonds. The zero-order valence-electron chi connectivity index (χ0n) is 8.43. The Balaban J connectivity index is 3.70. The van der Waals surface area contributed by atoms with Crippen LogP contribution in [-0.2, 0) is 9.53 Å². The van der Waals surface area contributed by atoms with E-state index in [0.717, 1.165) is 19.3 Å². The van der Waals surface area contributed by atoms with E-state index in [2.05, 4.69) is 13.8 Å². The van der Waals surface area contributed by atoms with E-state index in [1.54, 1.807) is 0 Å². The second-order valence-electron chi connectivity index (χ2n) is 3.47. The fraction of sp³-hybridized carbons (Fsp3) is 0.900. The molecule has 0 bridgehead atoms. The lowest BCUT2D eigenvalue weighted by molar-refractivity contribution is -0.143. The molecule has 1 atom stereocenters. The van der Waals surface area contributed by atoms with Gasteiger partial charge in [-0.15, -0.1) is 0 Å². The zero-order chi connectivity index (χ0) is 9.45. The summed E-state index contributed by atoms with van der Waals surface area (Å²) in [6, 6.07) is 0. The number of carbonyl (C=O) groups excluding carboxylic acids is 1. The molecule has 0 aliphatic rings. The maximum absolute atomic E-state index is 10.2. The molecule has 0 aliphatic carbocycles. The molecule has 0 aromatic carbocycles. The van der Waals surface area contributed by atoms with Gasteiger partial charge in [-0.25, -0.2) is 0 Å². The highest BCUT2D eigenvalue weighted by Gasteiger charge is 2.21. The molecule has 0 aromatic rings. The SMILES string of the molecule is CCCCCC(C)(CC)OC=O. The maximum Gasteiger partial charge on any atom is 0.293 e. The third kappa shape index (κ3) is 4.37. The molecule has 2 nitrogen and oxygen atoms in total.